The van der Waals surface area contributed by atoms with E-state index in [4.69, 9.17) is 4.74 Å². The summed E-state index contributed by atoms with van der Waals surface area (Å²) in [5, 5.41) is 7.07. The predicted molar refractivity (Wildman–Crippen MR) is 70.1 cm³/mol. The number of nitrogens with zero attached hydrogens (tertiary/aromatic N) is 2. The van der Waals surface area contributed by atoms with E-state index in [1.165, 1.54) is 0 Å². The van der Waals surface area contributed by atoms with Gasteiger partial charge in [-0.1, -0.05) is 20.3 Å². The molecule has 1 amide bonds. The van der Waals surface area contributed by atoms with Crippen molar-refractivity contribution in [1.29, 1.82) is 0 Å². The largest absolute Gasteiger partial charge is 0.372 e. The van der Waals surface area contributed by atoms with Crippen LogP contribution in [0.25, 0.3) is 0 Å². The van der Waals surface area contributed by atoms with Gasteiger partial charge in [-0.15, -0.1) is 0 Å². The first-order chi connectivity index (χ1) is 8.67. The molecule has 18 heavy (non-hydrogen) atoms. The van der Waals surface area contributed by atoms with E-state index in [-0.39, 0.29) is 18.6 Å². The monoisotopic (exact) mass is 253 g/mol. The minimum atomic E-state index is -0.0678. The predicted octanol–water partition coefficient (Wildman–Crippen LogP) is 1.80. The van der Waals surface area contributed by atoms with E-state index in [0.717, 1.165) is 24.8 Å². The number of carbonyl (C=O) groups is 1. The fourth-order valence-corrected chi connectivity index (χ4v) is 1.69. The number of aromatic nitrogens is 2. The zero-order valence-corrected chi connectivity index (χ0v) is 11.5. The molecule has 1 rings (SSSR count). The second-order valence-corrected chi connectivity index (χ2v) is 4.38. The van der Waals surface area contributed by atoms with Gasteiger partial charge >= 0.3 is 0 Å². The number of rotatable bonds is 8. The van der Waals surface area contributed by atoms with E-state index in [0.29, 0.717) is 6.61 Å². The molecule has 0 fully saturated rings. The molecule has 0 radical (unpaired) electrons. The van der Waals surface area contributed by atoms with Crippen molar-refractivity contribution in [3.63, 3.8) is 0 Å². The Morgan fingerprint density at radius 3 is 2.89 bits per heavy atom. The number of amides is 1. The fourth-order valence-electron chi connectivity index (χ4n) is 1.69. The maximum atomic E-state index is 11.7. The zero-order chi connectivity index (χ0) is 13.4. The highest BCUT2D eigenvalue weighted by Gasteiger charge is 2.13. The lowest BCUT2D eigenvalue weighted by Gasteiger charge is -2.15. The number of aryl methyl sites for hydroxylation is 1. The maximum absolute atomic E-state index is 11.7. The van der Waals surface area contributed by atoms with Crippen molar-refractivity contribution >= 4 is 5.91 Å². The van der Waals surface area contributed by atoms with Gasteiger partial charge in [0.2, 0.25) is 5.91 Å². The van der Waals surface area contributed by atoms with Crippen LogP contribution in [0.15, 0.2) is 12.4 Å². The Balaban J connectivity index is 2.36. The van der Waals surface area contributed by atoms with Gasteiger partial charge in [-0.25, -0.2) is 0 Å². The Hall–Kier alpha value is -1.36. The molecule has 1 atom stereocenters. The highest BCUT2D eigenvalue weighted by Crippen LogP contribution is 2.14. The lowest BCUT2D eigenvalue weighted by molar-refractivity contribution is -0.126. The molecule has 102 valence electrons. The molecule has 0 aliphatic rings. The SMILES string of the molecule is CCCCOCC(=O)NC(CC)c1cnn(C)c1. The zero-order valence-electron chi connectivity index (χ0n) is 11.5. The first-order valence-electron chi connectivity index (χ1n) is 6.53. The molecular weight excluding hydrogens is 230 g/mol. The third-order valence-electron chi connectivity index (χ3n) is 2.75. The van der Waals surface area contributed by atoms with Crippen LogP contribution in [0.2, 0.25) is 0 Å². The molecule has 5 heteroatoms. The third-order valence-corrected chi connectivity index (χ3v) is 2.75. The topological polar surface area (TPSA) is 56.1 Å². The van der Waals surface area contributed by atoms with Crippen LogP contribution in [0.3, 0.4) is 0 Å². The highest BCUT2D eigenvalue weighted by atomic mass is 16.5. The van der Waals surface area contributed by atoms with Crippen LogP contribution in [0, 0.1) is 0 Å². The van der Waals surface area contributed by atoms with E-state index in [1.54, 1.807) is 10.9 Å². The Morgan fingerprint density at radius 2 is 2.33 bits per heavy atom. The van der Waals surface area contributed by atoms with E-state index >= 15 is 0 Å². The van der Waals surface area contributed by atoms with Crippen molar-refractivity contribution in [3.8, 4) is 0 Å². The molecule has 1 unspecified atom stereocenters. The molecule has 1 aromatic heterocycles. The van der Waals surface area contributed by atoms with Crippen LogP contribution in [-0.2, 0) is 16.6 Å². The molecular formula is C13H23N3O2. The molecule has 1 N–H and O–H groups in total. The van der Waals surface area contributed by atoms with Gasteiger partial charge in [0.1, 0.15) is 6.61 Å². The minimum absolute atomic E-state index is 0.0148. The number of ether oxygens (including phenoxy) is 1. The Bertz CT molecular complexity index is 363. The summed E-state index contributed by atoms with van der Waals surface area (Å²) in [4.78, 5) is 11.7. The first kappa shape index (κ1) is 14.7. The number of hydrogen-bond donors (Lipinski definition) is 1. The van der Waals surface area contributed by atoms with Crippen molar-refractivity contribution in [1.82, 2.24) is 15.1 Å². The van der Waals surface area contributed by atoms with Crippen LogP contribution in [-0.4, -0.2) is 28.9 Å². The lowest BCUT2D eigenvalue weighted by atomic mass is 10.1. The number of unbranched alkanes of at least 4 members (excludes halogenated alkanes) is 1. The van der Waals surface area contributed by atoms with Gasteiger partial charge < -0.3 is 10.1 Å². The highest BCUT2D eigenvalue weighted by molar-refractivity contribution is 5.77. The molecule has 0 saturated heterocycles. The van der Waals surface area contributed by atoms with E-state index in [2.05, 4.69) is 17.3 Å². The fraction of sp³-hybridized carbons (Fsp3) is 0.692. The normalized spacial score (nSPS) is 12.4. The number of nitrogens with one attached hydrogen (secondary N) is 1. The smallest absolute Gasteiger partial charge is 0.246 e. The average Bonchev–Trinajstić information content (AvgIpc) is 2.78. The summed E-state index contributed by atoms with van der Waals surface area (Å²) in [5.74, 6) is -0.0678. The van der Waals surface area contributed by atoms with Crippen LogP contribution in [0.5, 0.6) is 0 Å². The molecule has 0 bridgehead atoms. The molecule has 0 aliphatic heterocycles. The van der Waals surface area contributed by atoms with Crippen molar-refractivity contribution < 1.29 is 9.53 Å². The minimum Gasteiger partial charge on any atom is -0.372 e. The summed E-state index contributed by atoms with van der Waals surface area (Å²) in [5.41, 5.74) is 1.03. The van der Waals surface area contributed by atoms with Crippen molar-refractivity contribution in [2.24, 2.45) is 7.05 Å². The molecule has 1 aromatic rings. The lowest BCUT2D eigenvalue weighted by Crippen LogP contribution is -2.31. The van der Waals surface area contributed by atoms with E-state index in [1.807, 2.05) is 20.2 Å². The molecule has 0 spiro atoms. The second-order valence-electron chi connectivity index (χ2n) is 4.38. The summed E-state index contributed by atoms with van der Waals surface area (Å²) in [6.45, 7) is 4.92. The van der Waals surface area contributed by atoms with Gasteiger partial charge in [0.15, 0.2) is 0 Å². The van der Waals surface area contributed by atoms with Crippen LogP contribution in [0.1, 0.15) is 44.7 Å². The van der Waals surface area contributed by atoms with Crippen molar-refractivity contribution in [2.45, 2.75) is 39.2 Å². The van der Waals surface area contributed by atoms with Gasteiger partial charge in [0.05, 0.1) is 12.2 Å². The van der Waals surface area contributed by atoms with Crippen LogP contribution < -0.4 is 5.32 Å². The van der Waals surface area contributed by atoms with Crippen LogP contribution >= 0.6 is 0 Å². The van der Waals surface area contributed by atoms with E-state index < -0.39 is 0 Å². The van der Waals surface area contributed by atoms with Crippen LogP contribution in [0.4, 0.5) is 0 Å². The Morgan fingerprint density at radius 1 is 1.56 bits per heavy atom. The van der Waals surface area contributed by atoms with Gasteiger partial charge in [0, 0.05) is 25.4 Å². The molecule has 0 aliphatic carbocycles. The summed E-state index contributed by atoms with van der Waals surface area (Å²) in [6.07, 6.45) is 6.62. The molecule has 1 heterocycles. The second kappa shape index (κ2) is 7.87. The number of hydrogen-bond acceptors (Lipinski definition) is 3. The third kappa shape index (κ3) is 4.87. The number of carbonyl (C=O) groups excluding carboxylic acids is 1. The Labute approximate surface area is 109 Å². The van der Waals surface area contributed by atoms with Crippen molar-refractivity contribution in [2.75, 3.05) is 13.2 Å². The summed E-state index contributed by atoms with van der Waals surface area (Å²) in [6, 6.07) is 0.0148. The maximum Gasteiger partial charge on any atom is 0.246 e. The standard InChI is InChI=1S/C13H23N3O2/c1-4-6-7-18-10-13(17)15-12(5-2)11-8-14-16(3)9-11/h8-9,12H,4-7,10H2,1-3H3,(H,15,17). The average molecular weight is 253 g/mol. The summed E-state index contributed by atoms with van der Waals surface area (Å²) < 4.78 is 7.03. The first-order valence-corrected chi connectivity index (χ1v) is 6.53. The molecule has 0 saturated carbocycles. The molecule has 0 aromatic carbocycles. The molecule has 5 nitrogen and oxygen atoms in total. The van der Waals surface area contributed by atoms with Gasteiger partial charge in [-0.05, 0) is 12.8 Å². The van der Waals surface area contributed by atoms with Gasteiger partial charge in [-0.3, -0.25) is 9.48 Å². The van der Waals surface area contributed by atoms with Gasteiger partial charge in [-0.2, -0.15) is 5.10 Å². The summed E-state index contributed by atoms with van der Waals surface area (Å²) in [7, 11) is 1.87. The Kier molecular flexibility index (Phi) is 6.43. The van der Waals surface area contributed by atoms with Crippen molar-refractivity contribution in [3.05, 3.63) is 18.0 Å². The van der Waals surface area contributed by atoms with E-state index in [9.17, 15) is 4.79 Å². The summed E-state index contributed by atoms with van der Waals surface area (Å²) >= 11 is 0. The quantitative estimate of drug-likeness (QED) is 0.719. The van der Waals surface area contributed by atoms with Gasteiger partial charge in [0.25, 0.3) is 0 Å².